The zero-order valence-electron chi connectivity index (χ0n) is 11.4. The van der Waals surface area contributed by atoms with Gasteiger partial charge in [-0.2, -0.15) is 0 Å². The smallest absolute Gasteiger partial charge is 0.293 e. The summed E-state index contributed by atoms with van der Waals surface area (Å²) in [4.78, 5) is 16.1. The molecular weight excluding hydrogens is 256 g/mol. The third kappa shape index (κ3) is 3.36. The van der Waals surface area contributed by atoms with E-state index in [2.05, 4.69) is 10.3 Å². The molecule has 0 aliphatic heterocycles. The summed E-state index contributed by atoms with van der Waals surface area (Å²) in [7, 11) is 0. The maximum atomic E-state index is 12.1. The lowest BCUT2D eigenvalue weighted by Gasteiger charge is -2.09. The van der Waals surface area contributed by atoms with Crippen LogP contribution < -0.4 is 21.3 Å². The van der Waals surface area contributed by atoms with Gasteiger partial charge in [-0.05, 0) is 19.1 Å². The van der Waals surface area contributed by atoms with Crippen LogP contribution in [-0.2, 0) is 6.54 Å². The highest BCUT2D eigenvalue weighted by molar-refractivity contribution is 5.57. The highest BCUT2D eigenvalue weighted by Gasteiger charge is 2.04. The first-order valence-corrected chi connectivity index (χ1v) is 6.50. The number of nitrogens with one attached hydrogen (secondary N) is 1. The van der Waals surface area contributed by atoms with Gasteiger partial charge in [-0.15, -0.1) is 0 Å². The van der Waals surface area contributed by atoms with Crippen LogP contribution >= 0.6 is 0 Å². The number of aryl methyl sites for hydroxylation is 1. The first-order valence-electron chi connectivity index (χ1n) is 6.50. The van der Waals surface area contributed by atoms with Crippen molar-refractivity contribution >= 4 is 11.5 Å². The Morgan fingerprint density at radius 3 is 3.05 bits per heavy atom. The summed E-state index contributed by atoms with van der Waals surface area (Å²) in [6.07, 6.45) is 3.26. The summed E-state index contributed by atoms with van der Waals surface area (Å²) in [6, 6.07) is 7.33. The molecule has 3 N–H and O–H groups in total. The number of hydrogen-bond acceptors (Lipinski definition) is 5. The monoisotopic (exact) mass is 274 g/mol. The summed E-state index contributed by atoms with van der Waals surface area (Å²) in [5.74, 6) is 0.998. The van der Waals surface area contributed by atoms with Crippen LogP contribution in [0.2, 0.25) is 0 Å². The Bertz CT molecular complexity index is 625. The number of hydrogen-bond donors (Lipinski definition) is 2. The zero-order chi connectivity index (χ0) is 14.4. The fourth-order valence-corrected chi connectivity index (χ4v) is 1.76. The minimum absolute atomic E-state index is 0.150. The molecule has 0 unspecified atom stereocenters. The van der Waals surface area contributed by atoms with E-state index in [1.807, 2.05) is 25.1 Å². The molecule has 0 fully saturated rings. The molecular formula is C14H18N4O2. The van der Waals surface area contributed by atoms with Crippen LogP contribution in [0.5, 0.6) is 5.75 Å². The Kier molecular flexibility index (Phi) is 4.73. The molecule has 0 aliphatic carbocycles. The van der Waals surface area contributed by atoms with Crippen molar-refractivity contribution in [3.05, 3.63) is 47.0 Å². The van der Waals surface area contributed by atoms with E-state index in [-0.39, 0.29) is 5.56 Å². The number of aromatic nitrogens is 2. The molecule has 1 heterocycles. The number of benzene rings is 1. The third-order valence-corrected chi connectivity index (χ3v) is 2.74. The largest absolute Gasteiger partial charge is 0.492 e. The highest BCUT2D eigenvalue weighted by atomic mass is 16.5. The molecule has 1 aromatic carbocycles. The van der Waals surface area contributed by atoms with Crippen molar-refractivity contribution < 1.29 is 4.74 Å². The normalized spacial score (nSPS) is 10.3. The second-order valence-corrected chi connectivity index (χ2v) is 4.16. The second kappa shape index (κ2) is 6.72. The van der Waals surface area contributed by atoms with Gasteiger partial charge in [0.1, 0.15) is 12.4 Å². The molecule has 0 bridgehead atoms. The second-order valence-electron chi connectivity index (χ2n) is 4.16. The minimum Gasteiger partial charge on any atom is -0.492 e. The van der Waals surface area contributed by atoms with Gasteiger partial charge in [-0.1, -0.05) is 6.07 Å². The Hall–Kier alpha value is -2.34. The lowest BCUT2D eigenvalue weighted by atomic mass is 10.3. The molecule has 1 aromatic heterocycles. The molecule has 106 valence electrons. The van der Waals surface area contributed by atoms with Crippen LogP contribution in [0.3, 0.4) is 0 Å². The predicted molar refractivity (Wildman–Crippen MR) is 78.4 cm³/mol. The maximum absolute atomic E-state index is 12.1. The maximum Gasteiger partial charge on any atom is 0.293 e. The highest BCUT2D eigenvalue weighted by Crippen LogP contribution is 2.19. The standard InChI is InChI=1S/C14H18N4O2/c1-2-18-8-7-16-13(14(18)19)17-11-4-3-5-12(10-11)20-9-6-15/h3-5,7-8,10H,2,6,9,15H2,1H3,(H,16,17). The van der Waals surface area contributed by atoms with E-state index in [0.29, 0.717) is 31.3 Å². The first-order chi connectivity index (χ1) is 9.74. The van der Waals surface area contributed by atoms with Crippen molar-refractivity contribution in [3.8, 4) is 5.75 Å². The Morgan fingerprint density at radius 2 is 2.30 bits per heavy atom. The summed E-state index contributed by atoms with van der Waals surface area (Å²) in [5.41, 5.74) is 5.99. The summed E-state index contributed by atoms with van der Waals surface area (Å²) < 4.78 is 7.03. The fourth-order valence-electron chi connectivity index (χ4n) is 1.76. The zero-order valence-corrected chi connectivity index (χ0v) is 11.4. The third-order valence-electron chi connectivity index (χ3n) is 2.74. The summed E-state index contributed by atoms with van der Waals surface area (Å²) in [5, 5.41) is 3.01. The van der Waals surface area contributed by atoms with Crippen molar-refractivity contribution in [3.63, 3.8) is 0 Å². The average Bonchev–Trinajstić information content (AvgIpc) is 2.48. The molecule has 0 radical (unpaired) electrons. The minimum atomic E-state index is -0.150. The van der Waals surface area contributed by atoms with E-state index in [1.165, 1.54) is 0 Å². The van der Waals surface area contributed by atoms with Crippen LogP contribution in [0.15, 0.2) is 41.5 Å². The van der Waals surface area contributed by atoms with Crippen molar-refractivity contribution in [2.45, 2.75) is 13.5 Å². The molecule has 2 rings (SSSR count). The molecule has 0 aliphatic rings. The Labute approximate surface area is 117 Å². The van der Waals surface area contributed by atoms with E-state index in [0.717, 1.165) is 5.69 Å². The summed E-state index contributed by atoms with van der Waals surface area (Å²) >= 11 is 0. The van der Waals surface area contributed by atoms with E-state index >= 15 is 0 Å². The molecule has 0 saturated carbocycles. The number of ether oxygens (including phenoxy) is 1. The lowest BCUT2D eigenvalue weighted by molar-refractivity contribution is 0.328. The topological polar surface area (TPSA) is 82.2 Å². The van der Waals surface area contributed by atoms with Crippen molar-refractivity contribution in [1.82, 2.24) is 9.55 Å². The number of nitrogens with zero attached hydrogens (tertiary/aromatic N) is 2. The van der Waals surface area contributed by atoms with Gasteiger partial charge in [0.25, 0.3) is 5.56 Å². The van der Waals surface area contributed by atoms with Gasteiger partial charge in [0, 0.05) is 37.2 Å². The van der Waals surface area contributed by atoms with Gasteiger partial charge >= 0.3 is 0 Å². The van der Waals surface area contributed by atoms with Crippen molar-refractivity contribution in [1.29, 1.82) is 0 Å². The molecule has 0 spiro atoms. The lowest BCUT2D eigenvalue weighted by Crippen LogP contribution is -2.22. The Morgan fingerprint density at radius 1 is 1.45 bits per heavy atom. The summed E-state index contributed by atoms with van der Waals surface area (Å²) in [6.45, 7) is 3.43. The van der Waals surface area contributed by atoms with E-state index in [1.54, 1.807) is 23.0 Å². The van der Waals surface area contributed by atoms with E-state index < -0.39 is 0 Å². The van der Waals surface area contributed by atoms with Crippen molar-refractivity contribution in [2.75, 3.05) is 18.5 Å². The van der Waals surface area contributed by atoms with Crippen molar-refractivity contribution in [2.24, 2.45) is 5.73 Å². The van der Waals surface area contributed by atoms with Crippen LogP contribution in [0, 0.1) is 0 Å². The van der Waals surface area contributed by atoms with Gasteiger partial charge in [0.2, 0.25) is 0 Å². The van der Waals surface area contributed by atoms with Crippen LogP contribution in [-0.4, -0.2) is 22.7 Å². The predicted octanol–water partition coefficient (Wildman–Crippen LogP) is 1.34. The van der Waals surface area contributed by atoms with Gasteiger partial charge in [0.05, 0.1) is 0 Å². The quantitative estimate of drug-likeness (QED) is 0.830. The van der Waals surface area contributed by atoms with Crippen LogP contribution in [0.25, 0.3) is 0 Å². The Balaban J connectivity index is 2.20. The molecule has 0 atom stereocenters. The van der Waals surface area contributed by atoms with Crippen LogP contribution in [0.4, 0.5) is 11.5 Å². The molecule has 0 saturated heterocycles. The van der Waals surface area contributed by atoms with Gasteiger partial charge in [-0.25, -0.2) is 4.98 Å². The number of nitrogens with two attached hydrogens (primary N) is 1. The molecule has 2 aromatic rings. The number of rotatable bonds is 6. The average molecular weight is 274 g/mol. The van der Waals surface area contributed by atoms with Gasteiger partial charge in [-0.3, -0.25) is 4.79 Å². The molecule has 0 amide bonds. The molecule has 6 heteroatoms. The van der Waals surface area contributed by atoms with E-state index in [4.69, 9.17) is 10.5 Å². The first kappa shape index (κ1) is 14.1. The SMILES string of the molecule is CCn1ccnc(Nc2cccc(OCCN)c2)c1=O. The van der Waals surface area contributed by atoms with Gasteiger partial charge in [0.15, 0.2) is 5.82 Å². The fraction of sp³-hybridized carbons (Fsp3) is 0.286. The van der Waals surface area contributed by atoms with E-state index in [9.17, 15) is 4.79 Å². The number of anilines is 2. The van der Waals surface area contributed by atoms with Crippen LogP contribution in [0.1, 0.15) is 6.92 Å². The molecule has 20 heavy (non-hydrogen) atoms. The van der Waals surface area contributed by atoms with Gasteiger partial charge < -0.3 is 20.4 Å². The molecule has 6 nitrogen and oxygen atoms in total.